The second-order valence-corrected chi connectivity index (χ2v) is 10.3. The zero-order chi connectivity index (χ0) is 25.7. The molecule has 36 heavy (non-hydrogen) atoms. The van der Waals surface area contributed by atoms with E-state index in [1.54, 1.807) is 6.08 Å². The van der Waals surface area contributed by atoms with Gasteiger partial charge in [0.1, 0.15) is 10.1 Å². The predicted octanol–water partition coefficient (Wildman–Crippen LogP) is 6.65. The van der Waals surface area contributed by atoms with Crippen molar-refractivity contribution in [3.63, 3.8) is 0 Å². The molecule has 1 N–H and O–H groups in total. The fraction of sp³-hybridized carbons (Fsp3) is 0.346. The number of thioether (sulfide) groups is 1. The molecule has 0 aromatic heterocycles. The molecule has 1 aliphatic heterocycles. The van der Waals surface area contributed by atoms with E-state index < -0.39 is 17.6 Å². The Hall–Kier alpha value is -2.85. The number of nitrogens with one attached hydrogen (secondary N) is 1. The minimum Gasteiger partial charge on any atom is -0.490 e. The molecule has 1 saturated heterocycles. The second-order valence-electron chi connectivity index (χ2n) is 8.63. The number of anilines is 1. The number of hydrogen-bond donors (Lipinski definition) is 1. The van der Waals surface area contributed by atoms with Crippen molar-refractivity contribution >= 4 is 51.9 Å². The molecule has 0 atom stereocenters. The van der Waals surface area contributed by atoms with Gasteiger partial charge in [0.2, 0.25) is 5.91 Å². The van der Waals surface area contributed by atoms with Gasteiger partial charge in [0.05, 0.1) is 16.6 Å². The first-order valence-corrected chi connectivity index (χ1v) is 12.9. The fourth-order valence-corrected chi connectivity index (χ4v) is 5.41. The molecule has 4 rings (SSSR count). The monoisotopic (exact) mass is 534 g/mol. The third kappa shape index (κ3) is 6.67. The summed E-state index contributed by atoms with van der Waals surface area (Å²) < 4.78 is 45.2. The van der Waals surface area contributed by atoms with Crippen molar-refractivity contribution in [1.82, 2.24) is 4.90 Å². The molecule has 0 unspecified atom stereocenters. The van der Waals surface area contributed by atoms with Gasteiger partial charge >= 0.3 is 6.18 Å². The average molecular weight is 535 g/mol. The van der Waals surface area contributed by atoms with Gasteiger partial charge in [0.25, 0.3) is 5.91 Å². The van der Waals surface area contributed by atoms with Crippen LogP contribution in [0.2, 0.25) is 0 Å². The normalized spacial score (nSPS) is 18.1. The lowest BCUT2D eigenvalue weighted by Gasteiger charge is -2.23. The Morgan fingerprint density at radius 2 is 1.89 bits per heavy atom. The summed E-state index contributed by atoms with van der Waals surface area (Å²) >= 11 is 6.50. The Labute approximate surface area is 217 Å². The molecule has 2 amide bonds. The lowest BCUT2D eigenvalue weighted by molar-refractivity contribution is -0.137. The molecular formula is C26H25F3N2O3S2. The summed E-state index contributed by atoms with van der Waals surface area (Å²) in [5.41, 5.74) is -0.0318. The first-order chi connectivity index (χ1) is 17.2. The van der Waals surface area contributed by atoms with Gasteiger partial charge in [-0.25, -0.2) is 0 Å². The highest BCUT2D eigenvalue weighted by Gasteiger charge is 2.33. The molecule has 0 spiro atoms. The van der Waals surface area contributed by atoms with E-state index >= 15 is 0 Å². The van der Waals surface area contributed by atoms with Gasteiger partial charge in [0, 0.05) is 24.2 Å². The Morgan fingerprint density at radius 1 is 1.14 bits per heavy atom. The van der Waals surface area contributed by atoms with Crippen molar-refractivity contribution in [2.75, 3.05) is 11.9 Å². The summed E-state index contributed by atoms with van der Waals surface area (Å²) in [6.07, 6.45) is 2.84. The number of rotatable bonds is 7. The van der Waals surface area contributed by atoms with Crippen LogP contribution in [0.1, 0.15) is 49.7 Å². The smallest absolute Gasteiger partial charge is 0.416 e. The Morgan fingerprint density at radius 3 is 2.64 bits per heavy atom. The van der Waals surface area contributed by atoms with Crippen molar-refractivity contribution in [1.29, 1.82) is 0 Å². The summed E-state index contributed by atoms with van der Waals surface area (Å²) in [4.78, 5) is 27.1. The number of para-hydroxylation sites is 1. The molecule has 2 fully saturated rings. The quantitative estimate of drug-likeness (QED) is 0.319. The summed E-state index contributed by atoms with van der Waals surface area (Å²) in [6, 6.07) is 11.9. The highest BCUT2D eigenvalue weighted by atomic mass is 32.2. The van der Waals surface area contributed by atoms with Crippen LogP contribution in [0.15, 0.2) is 53.4 Å². The van der Waals surface area contributed by atoms with Crippen molar-refractivity contribution in [3.05, 3.63) is 64.6 Å². The Kier molecular flexibility index (Phi) is 8.35. The maximum absolute atomic E-state index is 13.0. The molecule has 1 saturated carbocycles. The number of halogens is 3. The minimum atomic E-state index is -4.51. The topological polar surface area (TPSA) is 58.6 Å². The molecule has 5 nitrogen and oxygen atoms in total. The van der Waals surface area contributed by atoms with Crippen LogP contribution in [0.25, 0.3) is 6.08 Å². The first kappa shape index (κ1) is 26.2. The second kappa shape index (κ2) is 11.5. The van der Waals surface area contributed by atoms with Gasteiger partial charge in [-0.3, -0.25) is 14.5 Å². The van der Waals surface area contributed by atoms with Gasteiger partial charge in [0.15, 0.2) is 0 Å². The summed E-state index contributed by atoms with van der Waals surface area (Å²) in [5.74, 6) is -0.113. The predicted molar refractivity (Wildman–Crippen MR) is 139 cm³/mol. The van der Waals surface area contributed by atoms with Crippen LogP contribution in [0.5, 0.6) is 5.75 Å². The molecule has 10 heteroatoms. The van der Waals surface area contributed by atoms with E-state index in [0.717, 1.165) is 60.9 Å². The maximum atomic E-state index is 13.0. The van der Waals surface area contributed by atoms with E-state index in [9.17, 15) is 22.8 Å². The number of amides is 2. The van der Waals surface area contributed by atoms with E-state index in [1.807, 2.05) is 24.3 Å². The lowest BCUT2D eigenvalue weighted by atomic mass is 9.97. The number of hydrogen-bond acceptors (Lipinski definition) is 5. The van der Waals surface area contributed by atoms with Crippen molar-refractivity contribution in [3.8, 4) is 5.75 Å². The molecule has 2 aromatic rings. The third-order valence-electron chi connectivity index (χ3n) is 5.96. The number of carbonyl (C=O) groups excluding carboxylic acids is 2. The molecule has 0 bridgehead atoms. The van der Waals surface area contributed by atoms with Crippen LogP contribution in [-0.2, 0) is 15.8 Å². The van der Waals surface area contributed by atoms with Crippen molar-refractivity contribution < 1.29 is 27.5 Å². The highest BCUT2D eigenvalue weighted by Crippen LogP contribution is 2.35. The van der Waals surface area contributed by atoms with E-state index in [2.05, 4.69) is 5.32 Å². The van der Waals surface area contributed by atoms with Crippen LogP contribution in [0.4, 0.5) is 18.9 Å². The molecule has 0 radical (unpaired) electrons. The summed E-state index contributed by atoms with van der Waals surface area (Å²) in [6.45, 7) is 0.0209. The average Bonchev–Trinajstić information content (AvgIpc) is 3.11. The minimum absolute atomic E-state index is 0.0209. The van der Waals surface area contributed by atoms with E-state index in [-0.39, 0.29) is 30.7 Å². The summed E-state index contributed by atoms with van der Waals surface area (Å²) in [5, 5.41) is 2.45. The molecular weight excluding hydrogens is 509 g/mol. The van der Waals surface area contributed by atoms with Gasteiger partial charge in [-0.2, -0.15) is 13.2 Å². The number of thiocarbonyl (C=S) groups is 1. The molecule has 1 heterocycles. The van der Waals surface area contributed by atoms with Gasteiger partial charge in [-0.15, -0.1) is 0 Å². The SMILES string of the molecule is O=C(CCN1C(=O)/C(=C/c2ccccc2OC2CCCCC2)SC1=S)Nc1cccc(C(F)(F)F)c1. The Balaban J connectivity index is 1.38. The number of nitrogens with zero attached hydrogens (tertiary/aromatic N) is 1. The molecule has 2 aromatic carbocycles. The first-order valence-electron chi connectivity index (χ1n) is 11.7. The number of ether oxygens (including phenoxy) is 1. The van der Waals surface area contributed by atoms with E-state index in [4.69, 9.17) is 17.0 Å². The lowest BCUT2D eigenvalue weighted by Crippen LogP contribution is -2.31. The van der Waals surface area contributed by atoms with Crippen molar-refractivity contribution in [2.45, 2.75) is 50.8 Å². The van der Waals surface area contributed by atoms with Crippen molar-refractivity contribution in [2.24, 2.45) is 0 Å². The number of carbonyl (C=O) groups is 2. The van der Waals surface area contributed by atoms with Gasteiger partial charge in [-0.05, 0) is 56.0 Å². The van der Waals surface area contributed by atoms with Gasteiger partial charge < -0.3 is 10.1 Å². The van der Waals surface area contributed by atoms with Gasteiger partial charge in [-0.1, -0.05) is 54.7 Å². The Bertz CT molecular complexity index is 1180. The summed E-state index contributed by atoms with van der Waals surface area (Å²) in [7, 11) is 0. The molecule has 1 aliphatic carbocycles. The van der Waals surface area contributed by atoms with Crippen LogP contribution in [-0.4, -0.2) is 33.7 Å². The maximum Gasteiger partial charge on any atom is 0.416 e. The standard InChI is InChI=1S/C26H25F3N2O3S2/c27-26(28,29)18-8-6-9-19(16-18)30-23(32)13-14-31-24(33)22(36-25(31)35)15-17-7-4-5-12-21(17)34-20-10-2-1-3-11-20/h4-9,12,15-16,20H,1-3,10-11,13-14H2,(H,30,32)/b22-15-. The highest BCUT2D eigenvalue weighted by molar-refractivity contribution is 8.26. The van der Waals surface area contributed by atoms with Crippen LogP contribution >= 0.6 is 24.0 Å². The van der Waals surface area contributed by atoms with E-state index in [0.29, 0.717) is 9.23 Å². The van der Waals surface area contributed by atoms with Crippen LogP contribution in [0.3, 0.4) is 0 Å². The molecule has 190 valence electrons. The zero-order valence-electron chi connectivity index (χ0n) is 19.3. The van der Waals surface area contributed by atoms with Crippen LogP contribution in [0, 0.1) is 0 Å². The fourth-order valence-electron chi connectivity index (χ4n) is 4.11. The largest absolute Gasteiger partial charge is 0.490 e. The van der Waals surface area contributed by atoms with Crippen LogP contribution < -0.4 is 10.1 Å². The number of alkyl halides is 3. The third-order valence-corrected chi connectivity index (χ3v) is 7.34. The molecule has 2 aliphatic rings. The zero-order valence-corrected chi connectivity index (χ0v) is 21.0. The van der Waals surface area contributed by atoms with E-state index in [1.165, 1.54) is 23.5 Å². The number of benzene rings is 2.